The van der Waals surface area contributed by atoms with E-state index in [1.807, 2.05) is 0 Å². The number of ether oxygens (including phenoxy) is 1. The van der Waals surface area contributed by atoms with Crippen LogP contribution in [-0.2, 0) is 0 Å². The lowest BCUT2D eigenvalue weighted by atomic mass is 10.0. The predicted octanol–water partition coefficient (Wildman–Crippen LogP) is 7.14. The molecule has 0 aromatic heterocycles. The summed E-state index contributed by atoms with van der Waals surface area (Å²) in [6, 6.07) is 9.88. The number of fused-ring (bicyclic) bond motifs is 1. The third-order valence-electron chi connectivity index (χ3n) is 4.87. The molecule has 0 spiro atoms. The molecule has 0 unspecified atom stereocenters. The fourth-order valence-electron chi connectivity index (χ4n) is 3.37. The van der Waals surface area contributed by atoms with E-state index >= 15 is 0 Å². The lowest BCUT2D eigenvalue weighted by Gasteiger charge is -2.10. The minimum atomic E-state index is -1.11. The van der Waals surface area contributed by atoms with Crippen molar-refractivity contribution >= 4 is 10.8 Å². The fourth-order valence-corrected chi connectivity index (χ4v) is 3.37. The van der Waals surface area contributed by atoms with Gasteiger partial charge in [-0.05, 0) is 59.7 Å². The molecule has 0 radical (unpaired) electrons. The third-order valence-corrected chi connectivity index (χ3v) is 4.87. The van der Waals surface area contributed by atoms with Crippen LogP contribution < -0.4 is 4.74 Å². The zero-order chi connectivity index (χ0) is 23.7. The summed E-state index contributed by atoms with van der Waals surface area (Å²) in [5.41, 5.74) is -1.23. The number of hydrogen-bond acceptors (Lipinski definition) is 1. The molecule has 0 saturated carbocycles. The Morgan fingerprint density at radius 2 is 1.24 bits per heavy atom. The van der Waals surface area contributed by atoms with Crippen molar-refractivity contribution in [3.05, 3.63) is 101 Å². The van der Waals surface area contributed by atoms with E-state index in [2.05, 4.69) is 11.8 Å². The van der Waals surface area contributed by atoms with Gasteiger partial charge in [-0.1, -0.05) is 17.9 Å². The maximum absolute atomic E-state index is 14.6. The summed E-state index contributed by atoms with van der Waals surface area (Å²) in [6.07, 6.45) is 0. The summed E-state index contributed by atoms with van der Waals surface area (Å²) in [7, 11) is 0. The number of benzene rings is 4. The molecule has 166 valence electrons. The molecule has 0 atom stereocenters. The predicted molar refractivity (Wildman–Crippen MR) is 113 cm³/mol. The Morgan fingerprint density at radius 3 is 1.85 bits per heavy atom. The number of halogens is 6. The quantitative estimate of drug-likeness (QED) is 0.235. The zero-order valence-electron chi connectivity index (χ0n) is 17.1. The molecule has 33 heavy (non-hydrogen) atoms. The minimum Gasteiger partial charge on any atom is -0.494 e. The molecule has 4 aromatic rings. The van der Waals surface area contributed by atoms with Crippen LogP contribution in [-0.4, -0.2) is 6.61 Å². The summed E-state index contributed by atoms with van der Waals surface area (Å²) in [4.78, 5) is 0. The van der Waals surface area contributed by atoms with E-state index in [9.17, 15) is 26.3 Å². The molecule has 0 N–H and O–H groups in total. The average molecular weight is 456 g/mol. The summed E-state index contributed by atoms with van der Waals surface area (Å²) < 4.78 is 89.8. The van der Waals surface area contributed by atoms with E-state index in [4.69, 9.17) is 4.74 Å². The molecule has 0 fully saturated rings. The van der Waals surface area contributed by atoms with E-state index < -0.39 is 46.0 Å². The Bertz CT molecular complexity index is 1400. The van der Waals surface area contributed by atoms with Gasteiger partial charge in [0.1, 0.15) is 29.0 Å². The van der Waals surface area contributed by atoms with Gasteiger partial charge in [0.25, 0.3) is 0 Å². The van der Waals surface area contributed by atoms with Gasteiger partial charge in [-0.15, -0.1) is 0 Å². The maximum Gasteiger partial charge on any atom is 0.159 e. The summed E-state index contributed by atoms with van der Waals surface area (Å²) in [6.45, 7) is 1.84. The van der Waals surface area contributed by atoms with Crippen LogP contribution in [0.15, 0.2) is 54.6 Å². The summed E-state index contributed by atoms with van der Waals surface area (Å²) in [5.74, 6) is -1.45. The van der Waals surface area contributed by atoms with Crippen LogP contribution in [0, 0.1) is 46.7 Å². The molecule has 0 bridgehead atoms. The van der Waals surface area contributed by atoms with E-state index in [1.165, 1.54) is 18.2 Å². The van der Waals surface area contributed by atoms with Crippen molar-refractivity contribution in [3.8, 4) is 28.7 Å². The third kappa shape index (κ3) is 4.51. The Labute approximate surface area is 185 Å². The van der Waals surface area contributed by atoms with Crippen LogP contribution in [0.1, 0.15) is 18.1 Å². The van der Waals surface area contributed by atoms with Crippen LogP contribution in [0.5, 0.6) is 5.75 Å². The number of hydrogen-bond donors (Lipinski definition) is 0. The second-order valence-corrected chi connectivity index (χ2v) is 7.09. The molecule has 0 aliphatic carbocycles. The first-order valence-electron chi connectivity index (χ1n) is 9.79. The number of rotatable bonds is 3. The molecule has 0 aliphatic heterocycles. The lowest BCUT2D eigenvalue weighted by molar-refractivity contribution is 0.336. The van der Waals surface area contributed by atoms with Gasteiger partial charge in [-0.3, -0.25) is 0 Å². The SMILES string of the molecule is CCOc1cc(F)c(-c2cc(F)c(C#Cc3ccc4cc(F)c(F)cc4c3)c(F)c2)c(F)c1. The van der Waals surface area contributed by atoms with Crippen molar-refractivity contribution in [2.45, 2.75) is 6.92 Å². The Balaban J connectivity index is 1.71. The lowest BCUT2D eigenvalue weighted by Crippen LogP contribution is -1.98. The van der Waals surface area contributed by atoms with Gasteiger partial charge in [0.05, 0.1) is 17.7 Å². The molecule has 1 nitrogen and oxygen atoms in total. The van der Waals surface area contributed by atoms with E-state index in [-0.39, 0.29) is 17.9 Å². The van der Waals surface area contributed by atoms with Gasteiger partial charge in [0, 0.05) is 17.7 Å². The van der Waals surface area contributed by atoms with Gasteiger partial charge in [0.15, 0.2) is 11.6 Å². The molecule has 7 heteroatoms. The fraction of sp³-hybridized carbons (Fsp3) is 0.0769. The molecule has 4 rings (SSSR count). The van der Waals surface area contributed by atoms with Crippen LogP contribution in [0.25, 0.3) is 21.9 Å². The maximum atomic E-state index is 14.6. The monoisotopic (exact) mass is 456 g/mol. The van der Waals surface area contributed by atoms with Crippen molar-refractivity contribution in [2.24, 2.45) is 0 Å². The molecule has 0 heterocycles. The first kappa shape index (κ1) is 22.3. The first-order chi connectivity index (χ1) is 15.8. The highest BCUT2D eigenvalue weighted by Crippen LogP contribution is 2.32. The Morgan fingerprint density at radius 1 is 0.636 bits per heavy atom. The molecular formula is C26H14F6O. The summed E-state index contributed by atoms with van der Waals surface area (Å²) in [5, 5.41) is 0.791. The van der Waals surface area contributed by atoms with E-state index in [0.717, 1.165) is 36.4 Å². The Hall–Kier alpha value is -3.92. The second kappa shape index (κ2) is 8.91. The molecule has 0 aliphatic rings. The first-order valence-corrected chi connectivity index (χ1v) is 9.79. The second-order valence-electron chi connectivity index (χ2n) is 7.09. The largest absolute Gasteiger partial charge is 0.494 e. The normalized spacial score (nSPS) is 10.8. The van der Waals surface area contributed by atoms with E-state index in [0.29, 0.717) is 16.3 Å². The van der Waals surface area contributed by atoms with Gasteiger partial charge >= 0.3 is 0 Å². The van der Waals surface area contributed by atoms with Gasteiger partial charge in [0.2, 0.25) is 0 Å². The van der Waals surface area contributed by atoms with Crippen molar-refractivity contribution < 1.29 is 31.1 Å². The minimum absolute atomic E-state index is 0.0438. The van der Waals surface area contributed by atoms with Gasteiger partial charge in [-0.25, -0.2) is 26.3 Å². The van der Waals surface area contributed by atoms with Crippen molar-refractivity contribution in [3.63, 3.8) is 0 Å². The standard InChI is InChI=1S/C26H14F6O/c1-2-33-18-12-24(31)26(25(32)13-18)17-10-20(27)19(21(28)11-17)6-4-14-3-5-15-8-22(29)23(30)9-16(15)7-14/h3,5,7-13H,2H2,1H3. The van der Waals surface area contributed by atoms with Crippen LogP contribution in [0.4, 0.5) is 26.3 Å². The topological polar surface area (TPSA) is 9.23 Å². The molecule has 4 aromatic carbocycles. The zero-order valence-corrected chi connectivity index (χ0v) is 17.1. The highest BCUT2D eigenvalue weighted by atomic mass is 19.2. The summed E-state index contributed by atoms with van der Waals surface area (Å²) >= 11 is 0. The highest BCUT2D eigenvalue weighted by Gasteiger charge is 2.18. The average Bonchev–Trinajstić information content (AvgIpc) is 2.74. The van der Waals surface area contributed by atoms with Crippen molar-refractivity contribution in [2.75, 3.05) is 6.61 Å². The van der Waals surface area contributed by atoms with Gasteiger partial charge in [-0.2, -0.15) is 0 Å². The van der Waals surface area contributed by atoms with Crippen LogP contribution >= 0.6 is 0 Å². The smallest absolute Gasteiger partial charge is 0.159 e. The van der Waals surface area contributed by atoms with E-state index in [1.54, 1.807) is 6.92 Å². The molecular weight excluding hydrogens is 442 g/mol. The van der Waals surface area contributed by atoms with Crippen LogP contribution in [0.3, 0.4) is 0 Å². The van der Waals surface area contributed by atoms with Crippen molar-refractivity contribution in [1.29, 1.82) is 0 Å². The van der Waals surface area contributed by atoms with Crippen LogP contribution in [0.2, 0.25) is 0 Å². The molecule has 0 saturated heterocycles. The highest BCUT2D eigenvalue weighted by molar-refractivity contribution is 5.84. The molecule has 0 amide bonds. The van der Waals surface area contributed by atoms with Crippen molar-refractivity contribution in [1.82, 2.24) is 0 Å². The Kier molecular flexibility index (Phi) is 6.01. The van der Waals surface area contributed by atoms with Gasteiger partial charge < -0.3 is 4.74 Å².